The van der Waals surface area contributed by atoms with Crippen molar-refractivity contribution in [2.75, 3.05) is 6.61 Å². The second-order valence-electron chi connectivity index (χ2n) is 3.03. The highest BCUT2D eigenvalue weighted by Crippen LogP contribution is 2.15. The van der Waals surface area contributed by atoms with Crippen LogP contribution in [0.15, 0.2) is 0 Å². The number of carbonyl (C=O) groups is 1. The maximum absolute atomic E-state index is 11.2. The van der Waals surface area contributed by atoms with Crippen LogP contribution in [-0.4, -0.2) is 28.0 Å². The van der Waals surface area contributed by atoms with E-state index in [9.17, 15) is 4.79 Å². The zero-order chi connectivity index (χ0) is 9.07. The minimum Gasteiger partial charge on any atom is -0.394 e. The topological polar surface area (TPSA) is 49.3 Å². The highest BCUT2D eigenvalue weighted by Gasteiger charge is 2.24. The summed E-state index contributed by atoms with van der Waals surface area (Å²) in [6, 6.07) is -0.181. The molecule has 11 heavy (non-hydrogen) atoms. The second kappa shape index (κ2) is 4.07. The Morgan fingerprint density at radius 2 is 2.18 bits per heavy atom. The van der Waals surface area contributed by atoms with Crippen LogP contribution in [0.1, 0.15) is 20.8 Å². The third-order valence-corrected chi connectivity index (χ3v) is 1.55. The molecule has 0 fully saturated rings. The number of alkyl halides is 1. The summed E-state index contributed by atoms with van der Waals surface area (Å²) < 4.78 is -0.559. The smallest absolute Gasteiger partial charge is 0.236 e. The van der Waals surface area contributed by atoms with Crippen molar-refractivity contribution in [2.45, 2.75) is 31.1 Å². The van der Waals surface area contributed by atoms with E-state index in [4.69, 9.17) is 5.11 Å². The largest absolute Gasteiger partial charge is 0.394 e. The Morgan fingerprint density at radius 3 is 2.45 bits per heavy atom. The average molecular weight is 224 g/mol. The number of aliphatic hydroxyl groups excluding tert-OH is 1. The van der Waals surface area contributed by atoms with Crippen LogP contribution >= 0.6 is 15.9 Å². The van der Waals surface area contributed by atoms with Crippen molar-refractivity contribution in [3.05, 3.63) is 0 Å². The van der Waals surface area contributed by atoms with E-state index in [0.717, 1.165) is 0 Å². The molecule has 0 radical (unpaired) electrons. The molecule has 0 aliphatic carbocycles. The van der Waals surface area contributed by atoms with Gasteiger partial charge >= 0.3 is 0 Å². The monoisotopic (exact) mass is 223 g/mol. The van der Waals surface area contributed by atoms with Crippen molar-refractivity contribution in [2.24, 2.45) is 0 Å². The Bertz CT molecular complexity index is 142. The molecule has 0 bridgehead atoms. The number of rotatable bonds is 3. The first-order valence-electron chi connectivity index (χ1n) is 3.48. The van der Waals surface area contributed by atoms with Gasteiger partial charge in [-0.05, 0) is 20.8 Å². The van der Waals surface area contributed by atoms with E-state index < -0.39 is 4.32 Å². The predicted molar refractivity (Wildman–Crippen MR) is 47.7 cm³/mol. The summed E-state index contributed by atoms with van der Waals surface area (Å²) in [5.74, 6) is -0.112. The van der Waals surface area contributed by atoms with Crippen LogP contribution in [0.2, 0.25) is 0 Å². The zero-order valence-corrected chi connectivity index (χ0v) is 8.60. The molecular weight excluding hydrogens is 210 g/mol. The van der Waals surface area contributed by atoms with Crippen LogP contribution in [0.4, 0.5) is 0 Å². The van der Waals surface area contributed by atoms with Crippen molar-refractivity contribution in [3.63, 3.8) is 0 Å². The fourth-order valence-corrected chi connectivity index (χ4v) is 0.556. The van der Waals surface area contributed by atoms with Gasteiger partial charge in [0, 0.05) is 6.04 Å². The molecule has 0 heterocycles. The third kappa shape index (κ3) is 4.37. The van der Waals surface area contributed by atoms with Gasteiger partial charge in [0.05, 0.1) is 10.9 Å². The Balaban J connectivity index is 3.88. The van der Waals surface area contributed by atoms with Crippen molar-refractivity contribution in [1.82, 2.24) is 5.32 Å². The number of amides is 1. The van der Waals surface area contributed by atoms with Crippen LogP contribution in [-0.2, 0) is 4.79 Å². The normalized spacial score (nSPS) is 14.3. The maximum Gasteiger partial charge on any atom is 0.236 e. The van der Waals surface area contributed by atoms with Crippen LogP contribution < -0.4 is 5.32 Å². The van der Waals surface area contributed by atoms with Crippen molar-refractivity contribution < 1.29 is 9.90 Å². The lowest BCUT2D eigenvalue weighted by Gasteiger charge is -2.18. The van der Waals surface area contributed by atoms with Gasteiger partial charge in [-0.25, -0.2) is 0 Å². The number of aliphatic hydroxyl groups is 1. The van der Waals surface area contributed by atoms with Gasteiger partial charge in [0.15, 0.2) is 0 Å². The van der Waals surface area contributed by atoms with Crippen LogP contribution in [0, 0.1) is 0 Å². The number of nitrogens with one attached hydrogen (secondary N) is 1. The Kier molecular flexibility index (Phi) is 4.03. The molecule has 0 rings (SSSR count). The zero-order valence-electron chi connectivity index (χ0n) is 7.02. The SMILES string of the molecule is C[C@@H](CO)NC(=O)C(C)(C)Br. The maximum atomic E-state index is 11.2. The molecule has 0 aliphatic heterocycles. The molecule has 4 heteroatoms. The first kappa shape index (κ1) is 10.9. The molecule has 66 valence electrons. The first-order valence-corrected chi connectivity index (χ1v) is 4.28. The van der Waals surface area contributed by atoms with Crippen LogP contribution in [0.5, 0.6) is 0 Å². The van der Waals surface area contributed by atoms with Crippen molar-refractivity contribution >= 4 is 21.8 Å². The van der Waals surface area contributed by atoms with Gasteiger partial charge in [0.2, 0.25) is 5.91 Å². The molecule has 1 atom stereocenters. The lowest BCUT2D eigenvalue weighted by atomic mass is 10.2. The molecule has 0 saturated heterocycles. The minimum absolute atomic E-state index is 0.0329. The van der Waals surface area contributed by atoms with Crippen molar-refractivity contribution in [1.29, 1.82) is 0 Å². The van der Waals surface area contributed by atoms with Crippen molar-refractivity contribution in [3.8, 4) is 0 Å². The predicted octanol–water partition coefficient (Wildman–Crippen LogP) is 0.657. The molecule has 0 aromatic rings. The first-order chi connectivity index (χ1) is 4.88. The Morgan fingerprint density at radius 1 is 1.73 bits per heavy atom. The molecule has 0 aromatic heterocycles. The summed E-state index contributed by atoms with van der Waals surface area (Å²) >= 11 is 3.21. The van der Waals surface area contributed by atoms with E-state index in [1.54, 1.807) is 20.8 Å². The second-order valence-corrected chi connectivity index (χ2v) is 5.01. The number of halogens is 1. The van der Waals surface area contributed by atoms with E-state index in [2.05, 4.69) is 21.2 Å². The molecular formula is C7H14BrNO2. The highest BCUT2D eigenvalue weighted by molar-refractivity contribution is 9.10. The standard InChI is InChI=1S/C7H14BrNO2/c1-5(4-10)9-6(11)7(2,3)8/h5,10H,4H2,1-3H3,(H,9,11)/t5-/m0/s1. The van der Waals surface area contributed by atoms with Crippen LogP contribution in [0.25, 0.3) is 0 Å². The molecule has 0 spiro atoms. The quantitative estimate of drug-likeness (QED) is 0.692. The lowest BCUT2D eigenvalue weighted by molar-refractivity contribution is -0.123. The summed E-state index contributed by atoms with van der Waals surface area (Å²) in [6.45, 7) is 5.23. The fraction of sp³-hybridized carbons (Fsp3) is 0.857. The van der Waals surface area contributed by atoms with Crippen LogP contribution in [0.3, 0.4) is 0 Å². The van der Waals surface area contributed by atoms with E-state index in [0.29, 0.717) is 0 Å². The summed E-state index contributed by atoms with van der Waals surface area (Å²) in [7, 11) is 0. The van der Waals surface area contributed by atoms with Gasteiger partial charge in [-0.15, -0.1) is 0 Å². The van der Waals surface area contributed by atoms with Gasteiger partial charge in [0.25, 0.3) is 0 Å². The summed E-state index contributed by atoms with van der Waals surface area (Å²) in [5, 5.41) is 11.3. The fourth-order valence-electron chi connectivity index (χ4n) is 0.441. The lowest BCUT2D eigenvalue weighted by Crippen LogP contribution is -2.43. The van der Waals surface area contributed by atoms with E-state index in [1.807, 2.05) is 0 Å². The van der Waals surface area contributed by atoms with Gasteiger partial charge in [-0.3, -0.25) is 4.79 Å². The number of carbonyl (C=O) groups excluding carboxylic acids is 1. The van der Waals surface area contributed by atoms with E-state index in [1.165, 1.54) is 0 Å². The summed E-state index contributed by atoms with van der Waals surface area (Å²) in [5.41, 5.74) is 0. The molecule has 2 N–H and O–H groups in total. The molecule has 0 aromatic carbocycles. The Hall–Kier alpha value is -0.0900. The average Bonchev–Trinajstić information content (AvgIpc) is 1.85. The molecule has 3 nitrogen and oxygen atoms in total. The molecule has 1 amide bonds. The van der Waals surface area contributed by atoms with Gasteiger partial charge in [-0.1, -0.05) is 15.9 Å². The molecule has 0 unspecified atom stereocenters. The van der Waals surface area contributed by atoms with E-state index in [-0.39, 0.29) is 18.6 Å². The summed E-state index contributed by atoms with van der Waals surface area (Å²) in [6.07, 6.45) is 0. The molecule has 0 aliphatic rings. The summed E-state index contributed by atoms with van der Waals surface area (Å²) in [4.78, 5) is 11.2. The Labute approximate surface area is 75.3 Å². The number of hydrogen-bond acceptors (Lipinski definition) is 2. The van der Waals surface area contributed by atoms with E-state index >= 15 is 0 Å². The van der Waals surface area contributed by atoms with Gasteiger partial charge < -0.3 is 10.4 Å². The minimum atomic E-state index is -0.559. The molecule has 0 saturated carbocycles. The van der Waals surface area contributed by atoms with Gasteiger partial charge in [0.1, 0.15) is 0 Å². The van der Waals surface area contributed by atoms with Gasteiger partial charge in [-0.2, -0.15) is 0 Å². The highest BCUT2D eigenvalue weighted by atomic mass is 79.9. The third-order valence-electron chi connectivity index (χ3n) is 1.19. The number of hydrogen-bond donors (Lipinski definition) is 2.